The second-order valence-electron chi connectivity index (χ2n) is 1.47. The van der Waals surface area contributed by atoms with Crippen LogP contribution in [0.3, 0.4) is 0 Å². The fourth-order valence-electron chi connectivity index (χ4n) is 0.338. The molecule has 8 heavy (non-hydrogen) atoms. The number of hydrogen-bond donors (Lipinski definition) is 0. The van der Waals surface area contributed by atoms with Gasteiger partial charge in [0.2, 0.25) is 0 Å². The average molecular weight is 108 g/mol. The average Bonchev–Trinajstić information content (AvgIpc) is 1.81. The standard InChI is InChI=1S/C8H12/c1-3-5-7-8-6-4-2/h3,5-7H,4H2,1-2H3/b5-3+. The highest BCUT2D eigenvalue weighted by molar-refractivity contribution is 5.00. The summed E-state index contributed by atoms with van der Waals surface area (Å²) in [5.41, 5.74) is 3.00. The molecule has 0 radical (unpaired) electrons. The molecule has 0 N–H and O–H groups in total. The zero-order valence-corrected chi connectivity index (χ0v) is 5.52. The van der Waals surface area contributed by atoms with Gasteiger partial charge in [0.05, 0.1) is 0 Å². The van der Waals surface area contributed by atoms with Gasteiger partial charge in [-0.15, -0.1) is 5.73 Å². The van der Waals surface area contributed by atoms with Crippen molar-refractivity contribution in [1.29, 1.82) is 0 Å². The van der Waals surface area contributed by atoms with Gasteiger partial charge >= 0.3 is 0 Å². The maximum Gasteiger partial charge on any atom is -0.0206 e. The molecule has 0 bridgehead atoms. The summed E-state index contributed by atoms with van der Waals surface area (Å²) >= 11 is 0. The highest BCUT2D eigenvalue weighted by Gasteiger charge is 1.55. The molecule has 0 spiro atoms. The first-order valence-corrected chi connectivity index (χ1v) is 2.94. The van der Waals surface area contributed by atoms with Crippen LogP contribution in [0.4, 0.5) is 0 Å². The lowest BCUT2D eigenvalue weighted by molar-refractivity contribution is 1.23. The van der Waals surface area contributed by atoms with Crippen molar-refractivity contribution in [2.24, 2.45) is 0 Å². The van der Waals surface area contributed by atoms with Gasteiger partial charge in [0.15, 0.2) is 0 Å². The topological polar surface area (TPSA) is 0 Å². The van der Waals surface area contributed by atoms with Crippen LogP contribution < -0.4 is 0 Å². The zero-order valence-electron chi connectivity index (χ0n) is 5.52. The molecule has 0 nitrogen and oxygen atoms in total. The summed E-state index contributed by atoms with van der Waals surface area (Å²) in [5, 5.41) is 0. The third-order valence-electron chi connectivity index (χ3n) is 0.707. The van der Waals surface area contributed by atoms with E-state index in [1.807, 2.05) is 31.2 Å². The largest absolute Gasteiger partial charge is 0.125 e. The molecule has 0 saturated carbocycles. The number of rotatable bonds is 2. The Balaban J connectivity index is 3.47. The van der Waals surface area contributed by atoms with Crippen LogP contribution in [0.25, 0.3) is 0 Å². The summed E-state index contributed by atoms with van der Waals surface area (Å²) in [5.74, 6) is 0. The van der Waals surface area contributed by atoms with E-state index in [2.05, 4.69) is 12.7 Å². The van der Waals surface area contributed by atoms with Gasteiger partial charge in [0, 0.05) is 0 Å². The van der Waals surface area contributed by atoms with E-state index in [-0.39, 0.29) is 0 Å². The van der Waals surface area contributed by atoms with E-state index in [4.69, 9.17) is 0 Å². The Labute approximate surface area is 51.2 Å². The van der Waals surface area contributed by atoms with Crippen molar-refractivity contribution in [3.05, 3.63) is 30.0 Å². The van der Waals surface area contributed by atoms with Crippen molar-refractivity contribution < 1.29 is 0 Å². The Hall–Kier alpha value is -0.740. The summed E-state index contributed by atoms with van der Waals surface area (Å²) in [6.45, 7) is 4.08. The minimum atomic E-state index is 1.06. The Morgan fingerprint density at radius 2 is 2.25 bits per heavy atom. The molecule has 0 heteroatoms. The van der Waals surface area contributed by atoms with Crippen LogP contribution in [0.1, 0.15) is 20.3 Å². The van der Waals surface area contributed by atoms with Crippen molar-refractivity contribution in [2.45, 2.75) is 20.3 Å². The SMILES string of the molecule is C/C=C/C=C=CCC. The first-order valence-electron chi connectivity index (χ1n) is 2.94. The van der Waals surface area contributed by atoms with E-state index in [0.29, 0.717) is 0 Å². The van der Waals surface area contributed by atoms with Gasteiger partial charge in [-0.25, -0.2) is 0 Å². The van der Waals surface area contributed by atoms with Crippen molar-refractivity contribution in [3.63, 3.8) is 0 Å². The van der Waals surface area contributed by atoms with Crippen molar-refractivity contribution >= 4 is 0 Å². The smallest absolute Gasteiger partial charge is 0.0206 e. The molecule has 0 heterocycles. The molecule has 0 amide bonds. The molecule has 0 fully saturated rings. The van der Waals surface area contributed by atoms with E-state index in [0.717, 1.165) is 6.42 Å². The van der Waals surface area contributed by atoms with Gasteiger partial charge in [-0.1, -0.05) is 19.1 Å². The Bertz CT molecular complexity index is 112. The Kier molecular flexibility index (Phi) is 5.68. The van der Waals surface area contributed by atoms with Crippen LogP contribution in [0.2, 0.25) is 0 Å². The van der Waals surface area contributed by atoms with Gasteiger partial charge in [-0.2, -0.15) is 0 Å². The minimum absolute atomic E-state index is 1.06. The molecule has 0 aromatic carbocycles. The Morgan fingerprint density at radius 3 is 2.75 bits per heavy atom. The number of allylic oxidation sites excluding steroid dienone is 3. The Morgan fingerprint density at radius 1 is 1.50 bits per heavy atom. The molecule has 0 aliphatic rings. The fraction of sp³-hybridized carbons (Fsp3) is 0.375. The van der Waals surface area contributed by atoms with Crippen LogP contribution in [-0.2, 0) is 0 Å². The predicted molar refractivity (Wildman–Crippen MR) is 37.8 cm³/mol. The minimum Gasteiger partial charge on any atom is -0.125 e. The maximum atomic E-state index is 3.00. The first kappa shape index (κ1) is 7.26. The molecule has 0 unspecified atom stereocenters. The van der Waals surface area contributed by atoms with Crippen LogP contribution >= 0.6 is 0 Å². The summed E-state index contributed by atoms with van der Waals surface area (Å²) < 4.78 is 0. The lowest BCUT2D eigenvalue weighted by atomic mass is 10.4. The summed E-state index contributed by atoms with van der Waals surface area (Å²) in [6.07, 6.45) is 8.92. The molecule has 0 atom stereocenters. The lowest BCUT2D eigenvalue weighted by Crippen LogP contribution is -1.45. The van der Waals surface area contributed by atoms with Crippen molar-refractivity contribution in [2.75, 3.05) is 0 Å². The van der Waals surface area contributed by atoms with Crippen LogP contribution in [0.5, 0.6) is 0 Å². The molecular weight excluding hydrogens is 96.1 g/mol. The monoisotopic (exact) mass is 108 g/mol. The first-order chi connectivity index (χ1) is 3.91. The van der Waals surface area contributed by atoms with E-state index in [9.17, 15) is 0 Å². The van der Waals surface area contributed by atoms with Gasteiger partial charge in [0.1, 0.15) is 0 Å². The normalized spacial score (nSPS) is 8.75. The molecule has 0 saturated heterocycles. The lowest BCUT2D eigenvalue weighted by Gasteiger charge is -1.66. The zero-order chi connectivity index (χ0) is 6.24. The van der Waals surface area contributed by atoms with Gasteiger partial charge in [-0.05, 0) is 25.5 Å². The second-order valence-corrected chi connectivity index (χ2v) is 1.47. The molecule has 44 valence electrons. The highest BCUT2D eigenvalue weighted by Crippen LogP contribution is 1.76. The summed E-state index contributed by atoms with van der Waals surface area (Å²) in [7, 11) is 0. The van der Waals surface area contributed by atoms with Gasteiger partial charge < -0.3 is 0 Å². The molecule has 0 aromatic rings. The predicted octanol–water partition coefficient (Wildman–Crippen LogP) is 2.68. The third-order valence-corrected chi connectivity index (χ3v) is 0.707. The van der Waals surface area contributed by atoms with Gasteiger partial charge in [-0.3, -0.25) is 0 Å². The van der Waals surface area contributed by atoms with E-state index in [1.165, 1.54) is 0 Å². The van der Waals surface area contributed by atoms with E-state index >= 15 is 0 Å². The van der Waals surface area contributed by atoms with Crippen LogP contribution in [0, 0.1) is 0 Å². The molecule has 0 aliphatic carbocycles. The fourth-order valence-corrected chi connectivity index (χ4v) is 0.338. The second kappa shape index (κ2) is 6.26. The highest BCUT2D eigenvalue weighted by atomic mass is 13.6. The van der Waals surface area contributed by atoms with Crippen LogP contribution in [0.15, 0.2) is 30.0 Å². The van der Waals surface area contributed by atoms with E-state index < -0.39 is 0 Å². The van der Waals surface area contributed by atoms with E-state index in [1.54, 1.807) is 0 Å². The molecule has 0 rings (SSSR count). The third kappa shape index (κ3) is 5.26. The summed E-state index contributed by atoms with van der Waals surface area (Å²) in [6, 6.07) is 0. The van der Waals surface area contributed by atoms with Gasteiger partial charge in [0.25, 0.3) is 0 Å². The maximum absolute atomic E-state index is 3.00. The molecule has 0 aromatic heterocycles. The summed E-state index contributed by atoms with van der Waals surface area (Å²) in [4.78, 5) is 0. The number of hydrogen-bond acceptors (Lipinski definition) is 0. The molecule has 0 aliphatic heterocycles. The molecular formula is C8H12. The quantitative estimate of drug-likeness (QED) is 0.377. The van der Waals surface area contributed by atoms with Crippen molar-refractivity contribution in [3.8, 4) is 0 Å². The van der Waals surface area contributed by atoms with Crippen LogP contribution in [-0.4, -0.2) is 0 Å². The van der Waals surface area contributed by atoms with Crippen molar-refractivity contribution in [1.82, 2.24) is 0 Å².